The molecule has 2 fully saturated rings. The van der Waals surface area contributed by atoms with E-state index >= 15 is 0 Å². The smallest absolute Gasteiger partial charge is 0.246 e. The maximum Gasteiger partial charge on any atom is 0.246 e. The van der Waals surface area contributed by atoms with Gasteiger partial charge in [-0.25, -0.2) is 4.39 Å². The Morgan fingerprint density at radius 3 is 2.55 bits per heavy atom. The van der Waals surface area contributed by atoms with E-state index in [2.05, 4.69) is 34.7 Å². The summed E-state index contributed by atoms with van der Waals surface area (Å²) in [6.07, 6.45) is 7.30. The number of benzene rings is 1. The van der Waals surface area contributed by atoms with Crippen molar-refractivity contribution in [2.24, 2.45) is 5.92 Å². The second kappa shape index (κ2) is 8.74. The molecule has 0 spiro atoms. The summed E-state index contributed by atoms with van der Waals surface area (Å²) in [6, 6.07) is 6.00. The summed E-state index contributed by atoms with van der Waals surface area (Å²) in [5.74, 6) is 0.254. The molecular weight excluding hydrogens is 421 g/mol. The quantitative estimate of drug-likeness (QED) is 0.577. The first-order valence-electron chi connectivity index (χ1n) is 11.4. The fraction of sp³-hybridized carbons (Fsp3) is 0.480. The summed E-state index contributed by atoms with van der Waals surface area (Å²) in [6.45, 7) is 5.45. The van der Waals surface area contributed by atoms with Crippen molar-refractivity contribution in [3.05, 3.63) is 41.7 Å². The lowest BCUT2D eigenvalue weighted by Gasteiger charge is -2.42. The van der Waals surface area contributed by atoms with Gasteiger partial charge in [-0.2, -0.15) is 0 Å². The molecule has 0 radical (unpaired) electrons. The Labute approximate surface area is 194 Å². The second-order valence-corrected chi connectivity index (χ2v) is 10.2. The monoisotopic (exact) mass is 453 g/mol. The number of likely N-dealkylation sites (N-methyl/N-ethyl adjacent to an activating group) is 1. The Morgan fingerprint density at radius 2 is 1.94 bits per heavy atom. The van der Waals surface area contributed by atoms with E-state index in [1.165, 1.54) is 42.0 Å². The van der Waals surface area contributed by atoms with Crippen molar-refractivity contribution in [3.8, 4) is 17.0 Å². The number of aromatic hydroxyl groups is 1. The van der Waals surface area contributed by atoms with Gasteiger partial charge in [-0.15, -0.1) is 10.2 Å². The van der Waals surface area contributed by atoms with Gasteiger partial charge in [0.1, 0.15) is 17.4 Å². The largest absolute Gasteiger partial charge is 0.507 e. The van der Waals surface area contributed by atoms with Crippen molar-refractivity contribution in [2.75, 3.05) is 26.0 Å². The van der Waals surface area contributed by atoms with Gasteiger partial charge in [0, 0.05) is 48.9 Å². The third-order valence-corrected chi connectivity index (χ3v) is 6.78. The second-order valence-electron chi connectivity index (χ2n) is 10.2. The van der Waals surface area contributed by atoms with Crippen molar-refractivity contribution in [1.29, 1.82) is 0 Å². The van der Waals surface area contributed by atoms with Gasteiger partial charge in [0.25, 0.3) is 0 Å². The lowest BCUT2D eigenvalue weighted by molar-refractivity contribution is -0.123. The zero-order valence-corrected chi connectivity index (χ0v) is 19.7. The minimum Gasteiger partial charge on any atom is -0.507 e. The molecule has 2 aliphatic heterocycles. The minimum absolute atomic E-state index is 0.121. The Bertz CT molecular complexity index is 1050. The number of anilines is 1. The number of phenolic OH excluding ortho intramolecular Hbond substituents is 1. The van der Waals surface area contributed by atoms with Crippen LogP contribution in [0.2, 0.25) is 0 Å². The van der Waals surface area contributed by atoms with E-state index in [0.717, 1.165) is 19.4 Å². The summed E-state index contributed by atoms with van der Waals surface area (Å²) in [5, 5.41) is 26.0. The molecule has 1 aromatic carbocycles. The van der Waals surface area contributed by atoms with Crippen molar-refractivity contribution in [1.82, 2.24) is 20.4 Å². The number of carbonyl (C=O) groups is 1. The molecule has 2 aliphatic rings. The minimum atomic E-state index is -0.558. The molecule has 1 amide bonds. The first-order chi connectivity index (χ1) is 15.6. The van der Waals surface area contributed by atoms with Gasteiger partial charge in [-0.1, -0.05) is 0 Å². The molecule has 176 valence electrons. The van der Waals surface area contributed by atoms with Crippen LogP contribution in [-0.2, 0) is 4.79 Å². The number of hydrogen-bond acceptors (Lipinski definition) is 6. The fourth-order valence-electron chi connectivity index (χ4n) is 5.24. The van der Waals surface area contributed by atoms with Crippen molar-refractivity contribution in [3.63, 3.8) is 0 Å². The lowest BCUT2D eigenvalue weighted by Crippen LogP contribution is -2.54. The standard InChI is InChI=1S/C25H32FN5O2/c1-24-9-10-25(2,30-24)14-16(13-24)15-27-22-7-6-20(28-29-22)18-12-19(26)17(11-21(18)32)5-8-23(33)31(3)4/h5-8,11-12,16,30,32H,9-10,13-15H2,1-4H3,(H,27,29)/b8-5+. The summed E-state index contributed by atoms with van der Waals surface area (Å²) in [4.78, 5) is 13.1. The number of amides is 1. The molecule has 2 bridgehead atoms. The Morgan fingerprint density at radius 1 is 1.24 bits per heavy atom. The van der Waals surface area contributed by atoms with Gasteiger partial charge >= 0.3 is 0 Å². The molecule has 7 nitrogen and oxygen atoms in total. The van der Waals surface area contributed by atoms with Crippen molar-refractivity contribution < 1.29 is 14.3 Å². The molecule has 0 aliphatic carbocycles. The van der Waals surface area contributed by atoms with E-state index in [-0.39, 0.29) is 33.9 Å². The van der Waals surface area contributed by atoms with Crippen LogP contribution in [0.3, 0.4) is 0 Å². The van der Waals surface area contributed by atoms with E-state index in [9.17, 15) is 14.3 Å². The highest BCUT2D eigenvalue weighted by molar-refractivity contribution is 5.91. The van der Waals surface area contributed by atoms with E-state index in [4.69, 9.17) is 0 Å². The van der Waals surface area contributed by atoms with Crippen LogP contribution in [-0.4, -0.2) is 57.8 Å². The Kier molecular flexibility index (Phi) is 6.14. The van der Waals surface area contributed by atoms with Crippen LogP contribution in [0.25, 0.3) is 17.3 Å². The maximum absolute atomic E-state index is 14.6. The van der Waals surface area contributed by atoms with Crippen LogP contribution in [0.15, 0.2) is 30.3 Å². The third-order valence-electron chi connectivity index (χ3n) is 6.78. The van der Waals surface area contributed by atoms with Crippen LogP contribution >= 0.6 is 0 Å². The van der Waals surface area contributed by atoms with Crippen LogP contribution in [0.5, 0.6) is 5.75 Å². The summed E-state index contributed by atoms with van der Waals surface area (Å²) in [7, 11) is 3.22. The average Bonchev–Trinajstić information content (AvgIpc) is 2.99. The molecule has 1 aromatic heterocycles. The number of halogens is 1. The van der Waals surface area contributed by atoms with E-state index in [1.54, 1.807) is 26.2 Å². The summed E-state index contributed by atoms with van der Waals surface area (Å²) in [5.41, 5.74) is 1.18. The molecular formula is C25H32FN5O2. The molecule has 3 N–H and O–H groups in total. The molecule has 8 heteroatoms. The summed E-state index contributed by atoms with van der Waals surface area (Å²) >= 11 is 0. The van der Waals surface area contributed by atoms with Crippen LogP contribution in [0.1, 0.15) is 45.1 Å². The molecule has 2 aromatic rings. The number of rotatable bonds is 6. The third kappa shape index (κ3) is 5.16. The predicted octanol–water partition coefficient (Wildman–Crippen LogP) is 3.81. The molecule has 0 saturated carbocycles. The zero-order valence-electron chi connectivity index (χ0n) is 19.7. The highest BCUT2D eigenvalue weighted by atomic mass is 19.1. The highest BCUT2D eigenvalue weighted by Gasteiger charge is 2.48. The number of nitrogens with one attached hydrogen (secondary N) is 2. The highest BCUT2D eigenvalue weighted by Crippen LogP contribution is 2.44. The molecule has 2 unspecified atom stereocenters. The number of carbonyl (C=O) groups excluding carboxylic acids is 1. The Balaban J connectivity index is 1.42. The van der Waals surface area contributed by atoms with Crippen LogP contribution in [0.4, 0.5) is 10.2 Å². The van der Waals surface area contributed by atoms with E-state index in [0.29, 0.717) is 17.4 Å². The SMILES string of the molecule is CN(C)C(=O)/C=C/c1cc(O)c(-c2ccc(NCC3CC4(C)CCC(C)(C3)N4)nn2)cc1F. The lowest BCUT2D eigenvalue weighted by atomic mass is 9.80. The van der Waals surface area contributed by atoms with E-state index in [1.807, 2.05) is 0 Å². The molecule has 2 atom stereocenters. The van der Waals surface area contributed by atoms with Gasteiger partial charge in [-0.3, -0.25) is 4.79 Å². The predicted molar refractivity (Wildman–Crippen MR) is 127 cm³/mol. The van der Waals surface area contributed by atoms with Gasteiger partial charge in [-0.05, 0) is 75.8 Å². The van der Waals surface area contributed by atoms with Gasteiger partial charge in [0.2, 0.25) is 5.91 Å². The number of hydrogen-bond donors (Lipinski definition) is 3. The first-order valence-corrected chi connectivity index (χ1v) is 11.4. The topological polar surface area (TPSA) is 90.4 Å². The van der Waals surface area contributed by atoms with E-state index < -0.39 is 5.82 Å². The normalized spacial score (nSPS) is 26.5. The van der Waals surface area contributed by atoms with Gasteiger partial charge in [0.15, 0.2) is 0 Å². The van der Waals surface area contributed by atoms with Gasteiger partial charge < -0.3 is 20.6 Å². The first kappa shape index (κ1) is 23.2. The molecule has 33 heavy (non-hydrogen) atoms. The molecule has 2 saturated heterocycles. The zero-order chi connectivity index (χ0) is 23.8. The maximum atomic E-state index is 14.6. The number of aromatic nitrogens is 2. The fourth-order valence-corrected chi connectivity index (χ4v) is 5.24. The molecule has 3 heterocycles. The average molecular weight is 454 g/mol. The number of phenols is 1. The van der Waals surface area contributed by atoms with Crippen LogP contribution < -0.4 is 10.6 Å². The van der Waals surface area contributed by atoms with Crippen molar-refractivity contribution >= 4 is 17.8 Å². The van der Waals surface area contributed by atoms with Crippen LogP contribution in [0, 0.1) is 11.7 Å². The van der Waals surface area contributed by atoms with Crippen molar-refractivity contribution in [2.45, 2.75) is 50.6 Å². The summed E-state index contributed by atoms with van der Waals surface area (Å²) < 4.78 is 14.6. The molecule has 4 rings (SSSR count). The van der Waals surface area contributed by atoms with Gasteiger partial charge in [0.05, 0.1) is 5.69 Å². The number of fused-ring (bicyclic) bond motifs is 2. The number of nitrogens with zero attached hydrogens (tertiary/aromatic N) is 3. The Hall–Kier alpha value is -3.00. The number of piperidine rings is 1.